The third kappa shape index (κ3) is 5.92. The minimum Gasteiger partial charge on any atom is -0.0654 e. The van der Waals surface area contributed by atoms with Crippen LogP contribution in [0.5, 0.6) is 0 Å². The molecule has 0 bridgehead atoms. The smallest absolute Gasteiger partial charge is 0.0363 e. The van der Waals surface area contributed by atoms with Gasteiger partial charge >= 0.3 is 0 Å². The van der Waals surface area contributed by atoms with Crippen LogP contribution in [0.15, 0.2) is 0 Å². The highest BCUT2D eigenvalue weighted by atomic mass is 14.3. The van der Waals surface area contributed by atoms with E-state index < -0.39 is 0 Å². The van der Waals surface area contributed by atoms with Crippen molar-refractivity contribution in [3.63, 3.8) is 0 Å². The van der Waals surface area contributed by atoms with Crippen LogP contribution < -0.4 is 0 Å². The molecule has 0 nitrogen and oxygen atoms in total. The summed E-state index contributed by atoms with van der Waals surface area (Å²) in [4.78, 5) is 0. The zero-order valence-electron chi connectivity index (χ0n) is 12.7. The number of hydrogen-bond acceptors (Lipinski definition) is 0. The van der Waals surface area contributed by atoms with Gasteiger partial charge in [-0.05, 0) is 36.0 Å². The highest BCUT2D eigenvalue weighted by Gasteiger charge is 2.23. The molecule has 0 saturated heterocycles. The van der Waals surface area contributed by atoms with Crippen molar-refractivity contribution in [3.05, 3.63) is 0 Å². The molecule has 0 heterocycles. The molecule has 0 aliphatic carbocycles. The summed E-state index contributed by atoms with van der Waals surface area (Å²) in [6, 6.07) is 0. The molecule has 0 saturated carbocycles. The molecule has 3 atom stereocenters. The first-order valence-electron chi connectivity index (χ1n) is 7.40. The highest BCUT2D eigenvalue weighted by molar-refractivity contribution is 4.73. The fraction of sp³-hybridized carbons (Fsp3) is 1.00. The molecule has 0 N–H and O–H groups in total. The lowest BCUT2D eigenvalue weighted by atomic mass is 9.75. The summed E-state index contributed by atoms with van der Waals surface area (Å²) >= 11 is 0. The maximum absolute atomic E-state index is 2.47. The zero-order valence-corrected chi connectivity index (χ0v) is 12.7. The summed E-state index contributed by atoms with van der Waals surface area (Å²) in [6.45, 7) is 16.7. The molecular formula is C16H34. The van der Waals surface area contributed by atoms with E-state index in [0.717, 1.165) is 29.6 Å². The van der Waals surface area contributed by atoms with Gasteiger partial charge in [0.2, 0.25) is 0 Å². The van der Waals surface area contributed by atoms with Crippen molar-refractivity contribution >= 4 is 0 Å². The van der Waals surface area contributed by atoms with Crippen LogP contribution in [-0.2, 0) is 0 Å². The molecule has 0 aliphatic heterocycles. The number of hydrogen-bond donors (Lipinski definition) is 0. The topological polar surface area (TPSA) is 0 Å². The van der Waals surface area contributed by atoms with Gasteiger partial charge < -0.3 is 0 Å². The second-order valence-corrected chi connectivity index (χ2v) is 6.48. The summed E-state index contributed by atoms with van der Waals surface area (Å²) in [5.41, 5.74) is 0. The minimum atomic E-state index is 0.833. The largest absolute Gasteiger partial charge is 0.0654 e. The lowest BCUT2D eigenvalue weighted by Crippen LogP contribution is -2.22. The van der Waals surface area contributed by atoms with E-state index in [4.69, 9.17) is 0 Å². The predicted molar refractivity (Wildman–Crippen MR) is 75.6 cm³/mol. The van der Waals surface area contributed by atoms with Crippen LogP contribution in [0.4, 0.5) is 0 Å². The van der Waals surface area contributed by atoms with Gasteiger partial charge in [-0.3, -0.25) is 0 Å². The summed E-state index contributed by atoms with van der Waals surface area (Å²) in [7, 11) is 0. The molecule has 0 fully saturated rings. The van der Waals surface area contributed by atoms with E-state index in [9.17, 15) is 0 Å². The van der Waals surface area contributed by atoms with Crippen molar-refractivity contribution < 1.29 is 0 Å². The van der Waals surface area contributed by atoms with Crippen LogP contribution in [0.3, 0.4) is 0 Å². The van der Waals surface area contributed by atoms with Crippen LogP contribution in [0.25, 0.3) is 0 Å². The zero-order chi connectivity index (χ0) is 12.7. The lowest BCUT2D eigenvalue weighted by Gasteiger charge is -2.31. The van der Waals surface area contributed by atoms with Crippen molar-refractivity contribution in [2.75, 3.05) is 0 Å². The fourth-order valence-corrected chi connectivity index (χ4v) is 2.60. The molecule has 0 amide bonds. The first-order valence-corrected chi connectivity index (χ1v) is 7.40. The van der Waals surface area contributed by atoms with Crippen molar-refractivity contribution in [2.24, 2.45) is 29.6 Å². The summed E-state index contributed by atoms with van der Waals surface area (Å²) in [6.07, 6.45) is 5.58. The summed E-state index contributed by atoms with van der Waals surface area (Å²) in [5.74, 6) is 4.37. The molecule has 0 heteroatoms. The van der Waals surface area contributed by atoms with Gasteiger partial charge in [0.15, 0.2) is 0 Å². The Bertz CT molecular complexity index is 157. The maximum atomic E-state index is 2.47. The monoisotopic (exact) mass is 226 g/mol. The summed E-state index contributed by atoms with van der Waals surface area (Å²) < 4.78 is 0. The van der Waals surface area contributed by atoms with Gasteiger partial charge in [-0.25, -0.2) is 0 Å². The normalized spacial score (nSPS) is 17.8. The molecule has 0 aromatic carbocycles. The minimum absolute atomic E-state index is 0.833. The van der Waals surface area contributed by atoms with Crippen molar-refractivity contribution in [1.29, 1.82) is 0 Å². The summed E-state index contributed by atoms with van der Waals surface area (Å²) in [5, 5.41) is 0. The SMILES string of the molecule is CCCCC(C)C(CC(C)C(C)C)C(C)C. The Morgan fingerprint density at radius 3 is 1.69 bits per heavy atom. The average molecular weight is 226 g/mol. The molecule has 0 rings (SSSR count). The molecule has 98 valence electrons. The Kier molecular flexibility index (Phi) is 8.14. The molecule has 0 aromatic heterocycles. The Hall–Kier alpha value is 0. The van der Waals surface area contributed by atoms with E-state index in [1.165, 1.54) is 25.7 Å². The van der Waals surface area contributed by atoms with Crippen LogP contribution in [-0.4, -0.2) is 0 Å². The number of unbranched alkanes of at least 4 members (excludes halogenated alkanes) is 1. The van der Waals surface area contributed by atoms with E-state index in [0.29, 0.717) is 0 Å². The Morgan fingerprint density at radius 2 is 1.31 bits per heavy atom. The first kappa shape index (κ1) is 16.0. The van der Waals surface area contributed by atoms with Crippen molar-refractivity contribution in [2.45, 2.75) is 74.1 Å². The molecule has 0 aromatic rings. The van der Waals surface area contributed by atoms with Crippen LogP contribution >= 0.6 is 0 Å². The second-order valence-electron chi connectivity index (χ2n) is 6.48. The number of rotatable bonds is 8. The van der Waals surface area contributed by atoms with Gasteiger partial charge in [0, 0.05) is 0 Å². The van der Waals surface area contributed by atoms with Gasteiger partial charge in [0.05, 0.1) is 0 Å². The Labute approximate surface area is 104 Å². The second kappa shape index (κ2) is 8.14. The van der Waals surface area contributed by atoms with Crippen molar-refractivity contribution in [3.8, 4) is 0 Å². The molecule has 0 radical (unpaired) electrons. The van der Waals surface area contributed by atoms with Gasteiger partial charge in [-0.2, -0.15) is 0 Å². The lowest BCUT2D eigenvalue weighted by molar-refractivity contribution is 0.189. The average Bonchev–Trinajstić information content (AvgIpc) is 2.21. The fourth-order valence-electron chi connectivity index (χ4n) is 2.60. The molecule has 0 aliphatic rings. The van der Waals surface area contributed by atoms with Crippen LogP contribution in [0.1, 0.15) is 74.1 Å². The third-order valence-electron chi connectivity index (χ3n) is 4.38. The standard InChI is InChI=1S/C16H34/c1-8-9-10-14(6)16(13(4)5)11-15(7)12(2)3/h12-16H,8-11H2,1-7H3. The Morgan fingerprint density at radius 1 is 0.750 bits per heavy atom. The predicted octanol–water partition coefficient (Wildman–Crippen LogP) is 5.77. The van der Waals surface area contributed by atoms with Gasteiger partial charge in [0.1, 0.15) is 0 Å². The van der Waals surface area contributed by atoms with Gasteiger partial charge in [-0.15, -0.1) is 0 Å². The maximum Gasteiger partial charge on any atom is -0.0363 e. The van der Waals surface area contributed by atoms with E-state index >= 15 is 0 Å². The van der Waals surface area contributed by atoms with E-state index in [1.807, 2.05) is 0 Å². The quantitative estimate of drug-likeness (QED) is 0.493. The molecule has 0 spiro atoms. The van der Waals surface area contributed by atoms with Gasteiger partial charge in [-0.1, -0.05) is 67.7 Å². The van der Waals surface area contributed by atoms with E-state index in [-0.39, 0.29) is 0 Å². The highest BCUT2D eigenvalue weighted by Crippen LogP contribution is 2.33. The van der Waals surface area contributed by atoms with E-state index in [2.05, 4.69) is 48.5 Å². The van der Waals surface area contributed by atoms with Gasteiger partial charge in [0.25, 0.3) is 0 Å². The third-order valence-corrected chi connectivity index (χ3v) is 4.38. The van der Waals surface area contributed by atoms with E-state index in [1.54, 1.807) is 0 Å². The van der Waals surface area contributed by atoms with Crippen LogP contribution in [0.2, 0.25) is 0 Å². The molecule has 3 unspecified atom stereocenters. The van der Waals surface area contributed by atoms with Crippen LogP contribution in [0, 0.1) is 29.6 Å². The molecular weight excluding hydrogens is 192 g/mol. The first-order chi connectivity index (χ1) is 7.40. The molecule has 16 heavy (non-hydrogen) atoms. The Balaban J connectivity index is 4.25. The van der Waals surface area contributed by atoms with Crippen molar-refractivity contribution in [1.82, 2.24) is 0 Å².